The molecule has 0 atom stereocenters. The van der Waals surface area contributed by atoms with Crippen molar-refractivity contribution in [2.45, 2.75) is 19.8 Å². The van der Waals surface area contributed by atoms with Crippen LogP contribution in [0.25, 0.3) is 0 Å². The van der Waals surface area contributed by atoms with Gasteiger partial charge in [-0.05, 0) is 25.8 Å². The molecule has 1 aliphatic rings. The van der Waals surface area contributed by atoms with E-state index in [9.17, 15) is 4.79 Å². The second-order valence-corrected chi connectivity index (χ2v) is 3.81. The molecule has 4 heteroatoms. The van der Waals surface area contributed by atoms with Gasteiger partial charge in [0.1, 0.15) is 5.82 Å². The first-order valence-electron chi connectivity index (χ1n) is 5.14. The molecule has 1 aromatic heterocycles. The molecule has 1 N–H and O–H groups in total. The van der Waals surface area contributed by atoms with E-state index in [-0.39, 0.29) is 0 Å². The van der Waals surface area contributed by atoms with E-state index in [1.54, 1.807) is 12.3 Å². The van der Waals surface area contributed by atoms with Gasteiger partial charge in [0.25, 0.3) is 0 Å². The van der Waals surface area contributed by atoms with Gasteiger partial charge in [-0.3, -0.25) is 0 Å². The molecule has 0 aliphatic carbocycles. The van der Waals surface area contributed by atoms with Crippen molar-refractivity contribution in [3.63, 3.8) is 0 Å². The second-order valence-electron chi connectivity index (χ2n) is 3.81. The Morgan fingerprint density at radius 1 is 1.47 bits per heavy atom. The van der Waals surface area contributed by atoms with Crippen LogP contribution in [0.3, 0.4) is 0 Å². The van der Waals surface area contributed by atoms with Crippen molar-refractivity contribution in [2.24, 2.45) is 0 Å². The lowest BCUT2D eigenvalue weighted by molar-refractivity contribution is 0.0696. The standard InChI is InChI=1S/C11H14N2O2/c1-8-9(11(14)15)4-5-12-10(8)13-6-2-3-7-13/h4-5H,2-3,6-7H2,1H3,(H,14,15). The predicted molar refractivity (Wildman–Crippen MR) is 57.4 cm³/mol. The van der Waals surface area contributed by atoms with Crippen molar-refractivity contribution in [2.75, 3.05) is 18.0 Å². The lowest BCUT2D eigenvalue weighted by Gasteiger charge is -2.19. The average molecular weight is 206 g/mol. The van der Waals surface area contributed by atoms with Gasteiger partial charge in [0.15, 0.2) is 0 Å². The summed E-state index contributed by atoms with van der Waals surface area (Å²) in [4.78, 5) is 17.4. The summed E-state index contributed by atoms with van der Waals surface area (Å²) in [5.41, 5.74) is 1.12. The first kappa shape index (κ1) is 9.96. The normalized spacial score (nSPS) is 15.7. The van der Waals surface area contributed by atoms with Crippen LogP contribution in [0.5, 0.6) is 0 Å². The molecule has 2 rings (SSSR count). The molecule has 1 aromatic rings. The predicted octanol–water partition coefficient (Wildman–Crippen LogP) is 1.69. The van der Waals surface area contributed by atoms with Crippen molar-refractivity contribution in [1.29, 1.82) is 0 Å². The maximum Gasteiger partial charge on any atom is 0.336 e. The minimum absolute atomic E-state index is 0.354. The van der Waals surface area contributed by atoms with Crippen molar-refractivity contribution >= 4 is 11.8 Å². The summed E-state index contributed by atoms with van der Waals surface area (Å²) in [5, 5.41) is 8.99. The molecule has 80 valence electrons. The largest absolute Gasteiger partial charge is 0.478 e. The summed E-state index contributed by atoms with van der Waals surface area (Å²) in [5.74, 6) is -0.0530. The zero-order chi connectivity index (χ0) is 10.8. The van der Waals surface area contributed by atoms with Crippen LogP contribution in [0, 0.1) is 6.92 Å². The fourth-order valence-electron chi connectivity index (χ4n) is 2.00. The van der Waals surface area contributed by atoms with Crippen LogP contribution in [0.1, 0.15) is 28.8 Å². The van der Waals surface area contributed by atoms with Gasteiger partial charge in [-0.15, -0.1) is 0 Å². The van der Waals surface area contributed by atoms with E-state index in [0.717, 1.165) is 24.5 Å². The number of rotatable bonds is 2. The molecule has 4 nitrogen and oxygen atoms in total. The summed E-state index contributed by atoms with van der Waals surface area (Å²) < 4.78 is 0. The molecule has 2 heterocycles. The molecular weight excluding hydrogens is 192 g/mol. The van der Waals surface area contributed by atoms with Crippen LogP contribution in [-0.2, 0) is 0 Å². The van der Waals surface area contributed by atoms with Gasteiger partial charge < -0.3 is 10.0 Å². The number of pyridine rings is 1. The van der Waals surface area contributed by atoms with E-state index < -0.39 is 5.97 Å². The highest BCUT2D eigenvalue weighted by molar-refractivity contribution is 5.90. The molecule has 15 heavy (non-hydrogen) atoms. The van der Waals surface area contributed by atoms with Crippen molar-refractivity contribution in [3.8, 4) is 0 Å². The molecular formula is C11H14N2O2. The highest BCUT2D eigenvalue weighted by Gasteiger charge is 2.18. The number of nitrogens with zero attached hydrogens (tertiary/aromatic N) is 2. The Kier molecular flexibility index (Phi) is 2.58. The number of aromatic nitrogens is 1. The highest BCUT2D eigenvalue weighted by Crippen LogP contribution is 2.23. The van der Waals surface area contributed by atoms with E-state index in [4.69, 9.17) is 5.11 Å². The number of aromatic carboxylic acids is 1. The summed E-state index contributed by atoms with van der Waals surface area (Å²) in [7, 11) is 0. The Balaban J connectivity index is 2.39. The zero-order valence-electron chi connectivity index (χ0n) is 8.73. The Morgan fingerprint density at radius 2 is 2.13 bits per heavy atom. The van der Waals surface area contributed by atoms with Crippen molar-refractivity contribution in [1.82, 2.24) is 4.98 Å². The summed E-state index contributed by atoms with van der Waals surface area (Å²) in [6, 6.07) is 1.55. The minimum atomic E-state index is -0.879. The molecule has 0 aromatic carbocycles. The fraction of sp³-hybridized carbons (Fsp3) is 0.455. The van der Waals surface area contributed by atoms with Gasteiger partial charge >= 0.3 is 5.97 Å². The molecule has 0 unspecified atom stereocenters. The van der Waals surface area contributed by atoms with Crippen molar-refractivity contribution in [3.05, 3.63) is 23.4 Å². The second kappa shape index (κ2) is 3.88. The SMILES string of the molecule is Cc1c(C(=O)O)ccnc1N1CCCC1. The number of carboxylic acids is 1. The first-order chi connectivity index (χ1) is 7.20. The third-order valence-electron chi connectivity index (χ3n) is 2.81. The van der Waals surface area contributed by atoms with Crippen LogP contribution in [0.4, 0.5) is 5.82 Å². The molecule has 0 amide bonds. The average Bonchev–Trinajstić information content (AvgIpc) is 2.70. The number of carboxylic acid groups (broad SMARTS) is 1. The fourth-order valence-corrected chi connectivity index (χ4v) is 2.00. The summed E-state index contributed by atoms with van der Waals surface area (Å²) in [6.45, 7) is 3.79. The van der Waals surface area contributed by atoms with E-state index in [1.807, 2.05) is 6.92 Å². The Labute approximate surface area is 88.6 Å². The molecule has 0 radical (unpaired) electrons. The molecule has 1 saturated heterocycles. The highest BCUT2D eigenvalue weighted by atomic mass is 16.4. The first-order valence-corrected chi connectivity index (χ1v) is 5.14. The van der Waals surface area contributed by atoms with E-state index >= 15 is 0 Å². The number of hydrogen-bond donors (Lipinski definition) is 1. The topological polar surface area (TPSA) is 53.4 Å². The van der Waals surface area contributed by atoms with Crippen LogP contribution in [0.15, 0.2) is 12.3 Å². The van der Waals surface area contributed by atoms with Crippen molar-refractivity contribution < 1.29 is 9.90 Å². The van der Waals surface area contributed by atoms with Crippen LogP contribution < -0.4 is 4.90 Å². The van der Waals surface area contributed by atoms with Gasteiger partial charge in [-0.25, -0.2) is 9.78 Å². The third-order valence-corrected chi connectivity index (χ3v) is 2.81. The van der Waals surface area contributed by atoms with Crippen LogP contribution in [-0.4, -0.2) is 29.1 Å². The van der Waals surface area contributed by atoms with E-state index in [2.05, 4.69) is 9.88 Å². The van der Waals surface area contributed by atoms with Gasteiger partial charge in [0.2, 0.25) is 0 Å². The van der Waals surface area contributed by atoms with Gasteiger partial charge in [0, 0.05) is 24.8 Å². The number of hydrogen-bond acceptors (Lipinski definition) is 3. The quantitative estimate of drug-likeness (QED) is 0.800. The Morgan fingerprint density at radius 3 is 2.73 bits per heavy atom. The van der Waals surface area contributed by atoms with Gasteiger partial charge in [0.05, 0.1) is 5.56 Å². The molecule has 0 bridgehead atoms. The maximum atomic E-state index is 10.9. The molecule has 1 fully saturated rings. The van der Waals surface area contributed by atoms with E-state index in [1.165, 1.54) is 12.8 Å². The maximum absolute atomic E-state index is 10.9. The lowest BCUT2D eigenvalue weighted by atomic mass is 10.1. The van der Waals surface area contributed by atoms with Gasteiger partial charge in [-0.2, -0.15) is 0 Å². The Bertz CT molecular complexity index is 384. The van der Waals surface area contributed by atoms with Crippen LogP contribution >= 0.6 is 0 Å². The molecule has 0 spiro atoms. The Hall–Kier alpha value is -1.58. The summed E-state index contributed by atoms with van der Waals surface area (Å²) >= 11 is 0. The minimum Gasteiger partial charge on any atom is -0.478 e. The molecule has 1 aliphatic heterocycles. The smallest absolute Gasteiger partial charge is 0.336 e. The third kappa shape index (κ3) is 1.79. The van der Waals surface area contributed by atoms with E-state index in [0.29, 0.717) is 5.56 Å². The lowest BCUT2D eigenvalue weighted by Crippen LogP contribution is -2.21. The number of anilines is 1. The zero-order valence-corrected chi connectivity index (χ0v) is 8.73. The van der Waals surface area contributed by atoms with Gasteiger partial charge in [-0.1, -0.05) is 0 Å². The number of carbonyl (C=O) groups is 1. The monoisotopic (exact) mass is 206 g/mol. The van der Waals surface area contributed by atoms with Crippen LogP contribution in [0.2, 0.25) is 0 Å². The summed E-state index contributed by atoms with van der Waals surface area (Å²) in [6.07, 6.45) is 3.90. The molecule has 0 saturated carbocycles.